The van der Waals surface area contributed by atoms with E-state index in [1.54, 1.807) is 6.07 Å². The Balaban J connectivity index is 0.00000178. The van der Waals surface area contributed by atoms with E-state index >= 15 is 0 Å². The number of rotatable bonds is 7. The third-order valence-corrected chi connectivity index (χ3v) is 7.73. The van der Waals surface area contributed by atoms with Gasteiger partial charge in [-0.3, -0.25) is 4.90 Å². The Hall–Kier alpha value is -1.48. The third-order valence-electron chi connectivity index (χ3n) is 7.19. The molecule has 0 N–H and O–H groups in total. The summed E-state index contributed by atoms with van der Waals surface area (Å²) in [5.41, 5.74) is 4.89. The summed E-state index contributed by atoms with van der Waals surface area (Å²) in [5, 5.41) is 0.399. The van der Waals surface area contributed by atoms with E-state index in [0.29, 0.717) is 12.1 Å². The predicted molar refractivity (Wildman–Crippen MR) is 149 cm³/mol. The molecule has 3 heterocycles. The average Bonchev–Trinajstić information content (AvgIpc) is 3.41. The van der Waals surface area contributed by atoms with Gasteiger partial charge in [0.15, 0.2) is 5.69 Å². The summed E-state index contributed by atoms with van der Waals surface area (Å²) in [7, 11) is 2.01. The fourth-order valence-corrected chi connectivity index (χ4v) is 5.91. The molecule has 0 fully saturated rings. The van der Waals surface area contributed by atoms with Crippen LogP contribution >= 0.6 is 48.0 Å². The number of fused-ring (bicyclic) bond motifs is 2. The first-order valence-electron chi connectivity index (χ1n) is 12.2. The number of aryl methyl sites for hydroxylation is 3. The number of pyridine rings is 1. The first-order valence-corrected chi connectivity index (χ1v) is 12.9. The van der Waals surface area contributed by atoms with Gasteiger partial charge in [-0.15, -0.1) is 24.8 Å². The van der Waals surface area contributed by atoms with Crippen molar-refractivity contribution < 1.29 is 30.1 Å². The van der Waals surface area contributed by atoms with Gasteiger partial charge in [-0.25, -0.2) is 14.1 Å². The molecule has 0 saturated heterocycles. The van der Waals surface area contributed by atoms with Gasteiger partial charge in [0, 0.05) is 29.7 Å². The lowest BCUT2D eigenvalue weighted by molar-refractivity contribution is -0.671. The number of hydrogen-bond acceptors (Lipinski definition) is 2. The molecular weight excluding hydrogens is 615 g/mol. The number of alkyl halides is 3. The van der Waals surface area contributed by atoms with Crippen LogP contribution in [0.25, 0.3) is 5.57 Å². The molecule has 4 nitrogen and oxygen atoms in total. The molecular formula is C27H30Cl5F3N4. The van der Waals surface area contributed by atoms with Gasteiger partial charge in [-0.1, -0.05) is 29.3 Å². The lowest BCUT2D eigenvalue weighted by Gasteiger charge is -2.37. The quantitative estimate of drug-likeness (QED) is 0.364. The molecule has 0 spiro atoms. The molecule has 0 amide bonds. The van der Waals surface area contributed by atoms with Crippen LogP contribution < -0.4 is 17.0 Å². The maximum absolute atomic E-state index is 13.2. The highest BCUT2D eigenvalue weighted by Crippen LogP contribution is 2.43. The minimum absolute atomic E-state index is 0. The fourth-order valence-electron chi connectivity index (χ4n) is 5.53. The second-order valence-corrected chi connectivity index (χ2v) is 10.5. The Morgan fingerprint density at radius 2 is 1.87 bits per heavy atom. The van der Waals surface area contributed by atoms with Gasteiger partial charge in [-0.05, 0) is 78.8 Å². The van der Waals surface area contributed by atoms with Crippen molar-refractivity contribution in [2.24, 2.45) is 7.05 Å². The molecule has 3 aromatic rings. The van der Waals surface area contributed by atoms with Crippen LogP contribution in [-0.2, 0) is 32.6 Å². The molecule has 2 aliphatic rings. The minimum atomic E-state index is -4.55. The van der Waals surface area contributed by atoms with E-state index in [0.717, 1.165) is 50.3 Å². The van der Waals surface area contributed by atoms with Crippen molar-refractivity contribution >= 4 is 53.6 Å². The summed E-state index contributed by atoms with van der Waals surface area (Å²) in [5.74, 6) is 0. The second kappa shape index (κ2) is 13.9. The van der Waals surface area contributed by atoms with Gasteiger partial charge in [0.05, 0.1) is 18.6 Å². The van der Waals surface area contributed by atoms with Crippen LogP contribution in [0.3, 0.4) is 0 Å². The molecule has 39 heavy (non-hydrogen) atoms. The highest BCUT2D eigenvalue weighted by Gasteiger charge is 2.36. The lowest BCUT2D eigenvalue weighted by atomic mass is 9.90. The molecule has 1 unspecified atom stereocenters. The Kier molecular flexibility index (Phi) is 12.0. The third kappa shape index (κ3) is 7.63. The predicted octanol–water partition coefficient (Wildman–Crippen LogP) is 3.99. The summed E-state index contributed by atoms with van der Waals surface area (Å²) < 4.78 is 43.9. The summed E-state index contributed by atoms with van der Waals surface area (Å²) in [6, 6.07) is 9.34. The van der Waals surface area contributed by atoms with Crippen molar-refractivity contribution in [3.05, 3.63) is 87.2 Å². The maximum Gasteiger partial charge on any atom is 0.434 e. The van der Waals surface area contributed by atoms with Crippen molar-refractivity contribution in [3.63, 3.8) is 0 Å². The van der Waals surface area contributed by atoms with E-state index < -0.39 is 11.9 Å². The van der Waals surface area contributed by atoms with Crippen LogP contribution in [0.1, 0.15) is 41.8 Å². The van der Waals surface area contributed by atoms with Gasteiger partial charge >= 0.3 is 6.18 Å². The number of halogens is 8. The molecule has 12 heteroatoms. The monoisotopic (exact) mass is 642 g/mol. The lowest BCUT2D eigenvalue weighted by Crippen LogP contribution is -3.00. The molecule has 1 aliphatic carbocycles. The van der Waals surface area contributed by atoms with Gasteiger partial charge < -0.3 is 12.4 Å². The summed E-state index contributed by atoms with van der Waals surface area (Å²) >= 11 is 12.1. The number of imidazole rings is 1. The van der Waals surface area contributed by atoms with Crippen molar-refractivity contribution in [2.45, 2.75) is 50.9 Å². The molecule has 1 atom stereocenters. The van der Waals surface area contributed by atoms with Gasteiger partial charge in [0.1, 0.15) is 12.4 Å². The number of hydrogen-bond donors (Lipinski definition) is 0. The first-order chi connectivity index (χ1) is 17.2. The standard InChI is InChI=1S/C27H28Cl2F3N4.3ClH/c1-34-13-14-35(17-34)11-9-25-23-15-18-4-5-19(28)16-22(18)21(23)8-12-36(25)10-2-3-20-6-7-24(29)26(33-20)27(30,31)32;;;/h4-7,13-14,16-17,25H,2-3,8-12,15H2,1H3;3*1H/q+1;;;/p-1. The maximum atomic E-state index is 13.2. The van der Waals surface area contributed by atoms with Crippen molar-refractivity contribution in [1.82, 2.24) is 14.5 Å². The summed E-state index contributed by atoms with van der Waals surface area (Å²) in [6.45, 7) is 2.60. The summed E-state index contributed by atoms with van der Waals surface area (Å²) in [4.78, 5) is 6.31. The fraction of sp³-hybridized carbons (Fsp3) is 0.407. The topological polar surface area (TPSA) is 24.9 Å². The second-order valence-electron chi connectivity index (χ2n) is 9.62. The molecule has 0 bridgehead atoms. The van der Waals surface area contributed by atoms with Crippen LogP contribution in [-0.4, -0.2) is 33.6 Å². The largest absolute Gasteiger partial charge is 1.00 e. The average molecular weight is 645 g/mol. The molecule has 2 aromatic heterocycles. The van der Waals surface area contributed by atoms with E-state index in [2.05, 4.69) is 39.1 Å². The Labute approximate surface area is 255 Å². The van der Waals surface area contributed by atoms with Crippen molar-refractivity contribution in [3.8, 4) is 0 Å². The van der Waals surface area contributed by atoms with E-state index in [-0.39, 0.29) is 48.3 Å². The molecule has 1 aliphatic heterocycles. The zero-order valence-electron chi connectivity index (χ0n) is 21.2. The van der Waals surface area contributed by atoms with Gasteiger partial charge in [0.25, 0.3) is 0 Å². The van der Waals surface area contributed by atoms with Gasteiger partial charge in [0.2, 0.25) is 6.33 Å². The van der Waals surface area contributed by atoms with Crippen LogP contribution in [0.15, 0.2) is 54.6 Å². The number of benzene rings is 1. The molecule has 214 valence electrons. The van der Waals surface area contributed by atoms with E-state index in [4.69, 9.17) is 23.2 Å². The Morgan fingerprint density at radius 1 is 1.10 bits per heavy atom. The highest BCUT2D eigenvalue weighted by molar-refractivity contribution is 6.31. The molecule has 5 rings (SSSR count). The smallest absolute Gasteiger partial charge is 0.434 e. The van der Waals surface area contributed by atoms with E-state index in [1.165, 1.54) is 28.3 Å². The van der Waals surface area contributed by atoms with Crippen LogP contribution in [0.2, 0.25) is 10.0 Å². The normalized spacial score (nSPS) is 16.6. The van der Waals surface area contributed by atoms with E-state index in [9.17, 15) is 13.2 Å². The molecule has 0 radical (unpaired) electrons. The van der Waals surface area contributed by atoms with Gasteiger partial charge in [-0.2, -0.15) is 13.2 Å². The minimum Gasteiger partial charge on any atom is -1.00 e. The molecule has 0 saturated carbocycles. The first kappa shape index (κ1) is 33.7. The van der Waals surface area contributed by atoms with Crippen molar-refractivity contribution in [1.29, 1.82) is 0 Å². The Morgan fingerprint density at radius 3 is 2.56 bits per heavy atom. The highest BCUT2D eigenvalue weighted by atomic mass is 35.5. The zero-order valence-corrected chi connectivity index (χ0v) is 25.1. The number of aromatic nitrogens is 3. The molecule has 1 aromatic carbocycles. The zero-order chi connectivity index (χ0) is 25.4. The van der Waals surface area contributed by atoms with Crippen LogP contribution in [0.5, 0.6) is 0 Å². The number of nitrogens with zero attached hydrogens (tertiary/aromatic N) is 4. The Bertz CT molecular complexity index is 1310. The van der Waals surface area contributed by atoms with Crippen LogP contribution in [0.4, 0.5) is 13.2 Å². The van der Waals surface area contributed by atoms with Crippen LogP contribution in [0, 0.1) is 0 Å². The summed E-state index contributed by atoms with van der Waals surface area (Å²) in [6.07, 6.45) is 5.68. The van der Waals surface area contributed by atoms with E-state index in [1.807, 2.05) is 23.9 Å². The van der Waals surface area contributed by atoms with Crippen molar-refractivity contribution in [2.75, 3.05) is 13.1 Å². The SMILES string of the molecule is C[n+]1ccn(CCC2C3=C(CCN2CCCc2ccc(Cl)c(C(F)(F)F)n2)c2cc(Cl)ccc2C3)c1.Cl.Cl.[Cl-].